The zero-order valence-corrected chi connectivity index (χ0v) is 62.1. The molecule has 3 nitrogen and oxygen atoms in total. The molecule has 0 spiro atoms. The highest BCUT2D eigenvalue weighted by molar-refractivity contribution is 6.27. The molecule has 0 aliphatic carbocycles. The van der Waals surface area contributed by atoms with E-state index in [0.717, 1.165) is 104 Å². The van der Waals surface area contributed by atoms with Gasteiger partial charge in [-0.05, 0) is 241 Å². The van der Waals surface area contributed by atoms with Crippen LogP contribution in [0.15, 0.2) is 426 Å². The topological polar surface area (TPSA) is 39.4 Å². The van der Waals surface area contributed by atoms with Crippen molar-refractivity contribution in [1.29, 1.82) is 0 Å². The van der Waals surface area contributed by atoms with E-state index in [0.29, 0.717) is 5.56 Å². The Bertz CT molecular complexity index is 8430. The number of fused-ring (bicyclic) bond motifs is 21. The van der Waals surface area contributed by atoms with Gasteiger partial charge in [0.2, 0.25) is 0 Å². The third kappa shape index (κ3) is 10.8. The van der Waals surface area contributed by atoms with Crippen LogP contribution in [-0.2, 0) is 0 Å². The molecule has 0 N–H and O–H groups in total. The average molecular weight is 1470 g/mol. The Labute approximate surface area is 668 Å². The molecule has 534 valence electrons. The van der Waals surface area contributed by atoms with Crippen LogP contribution in [0.5, 0.6) is 0 Å². The van der Waals surface area contributed by atoms with Crippen LogP contribution in [0.2, 0.25) is 0 Å². The van der Waals surface area contributed by atoms with Gasteiger partial charge in [0, 0.05) is 32.3 Å². The Morgan fingerprint density at radius 2 is 0.426 bits per heavy atom. The normalized spacial score (nSPS) is 12.4. The molecule has 0 unspecified atom stereocenters. The van der Waals surface area contributed by atoms with Gasteiger partial charge in [-0.25, -0.2) is 0 Å². The number of hydrogen-bond acceptors (Lipinski definition) is 3. The van der Waals surface area contributed by atoms with Crippen molar-refractivity contribution in [3.05, 3.63) is 412 Å². The second-order valence-corrected chi connectivity index (χ2v) is 29.9. The van der Waals surface area contributed by atoms with Crippen LogP contribution in [0.3, 0.4) is 0 Å². The Morgan fingerprint density at radius 1 is 0.148 bits per heavy atom. The average Bonchev–Trinajstić information content (AvgIpc) is 0.761. The van der Waals surface area contributed by atoms with Gasteiger partial charge in [0.1, 0.15) is 33.5 Å². The second kappa shape index (κ2) is 26.8. The molecule has 0 fully saturated rings. The zero-order chi connectivity index (χ0) is 80.0. The third-order valence-electron chi connectivity index (χ3n) is 23.6. The number of hydrogen-bond donors (Lipinski definition) is 0. The maximum Gasteiger partial charge on any atom is 0.136 e. The van der Waals surface area contributed by atoms with Crippen LogP contribution in [0.25, 0.3) is 240 Å². The molecule has 0 saturated carbocycles. The molecule has 3 heteroatoms. The third-order valence-corrected chi connectivity index (χ3v) is 23.6. The first kappa shape index (κ1) is 60.6. The molecule has 25 aromatic rings. The minimum Gasteiger partial charge on any atom is -0.456 e. The summed E-state index contributed by atoms with van der Waals surface area (Å²) < 4.78 is 61.6. The van der Waals surface area contributed by atoms with Gasteiger partial charge < -0.3 is 13.3 Å². The number of benzene rings is 22. The fraction of sp³-hybridized carbons (Fsp3) is 0. The van der Waals surface area contributed by atoms with Crippen molar-refractivity contribution >= 4 is 174 Å². The van der Waals surface area contributed by atoms with Gasteiger partial charge in [-0.3, -0.25) is 0 Å². The molecule has 3 aromatic heterocycles. The van der Waals surface area contributed by atoms with Gasteiger partial charge in [-0.1, -0.05) is 346 Å². The molecule has 3 heterocycles. The van der Waals surface area contributed by atoms with Crippen molar-refractivity contribution in [2.45, 2.75) is 0 Å². The summed E-state index contributed by atoms with van der Waals surface area (Å²) in [5.41, 5.74) is 18.0. The lowest BCUT2D eigenvalue weighted by atomic mass is 9.85. The molecular formula is C112H68O3. The molecule has 25 rings (SSSR count). The fourth-order valence-corrected chi connectivity index (χ4v) is 18.6. The van der Waals surface area contributed by atoms with Crippen LogP contribution in [0.1, 0.15) is 6.85 Å². The van der Waals surface area contributed by atoms with E-state index in [1.165, 1.54) is 125 Å². The summed E-state index contributed by atoms with van der Waals surface area (Å²) in [6.45, 7) is 0. The van der Waals surface area contributed by atoms with E-state index in [-0.39, 0.29) is 29.7 Å². The highest BCUT2D eigenvalue weighted by atomic mass is 16.3. The minimum absolute atomic E-state index is 0.208. The summed E-state index contributed by atoms with van der Waals surface area (Å²) in [5, 5.41) is 30.1. The highest BCUT2D eigenvalue weighted by Gasteiger charge is 2.24. The Morgan fingerprint density at radius 3 is 0.843 bits per heavy atom. The Balaban J connectivity index is 0.000000105. The van der Waals surface area contributed by atoms with Crippen molar-refractivity contribution in [3.8, 4) is 66.8 Å². The van der Waals surface area contributed by atoms with Gasteiger partial charge >= 0.3 is 0 Å². The van der Waals surface area contributed by atoms with Gasteiger partial charge in [-0.2, -0.15) is 0 Å². The van der Waals surface area contributed by atoms with E-state index >= 15 is 0 Å². The van der Waals surface area contributed by atoms with Gasteiger partial charge in [0.15, 0.2) is 0 Å². The lowest BCUT2D eigenvalue weighted by molar-refractivity contribution is 0.669. The van der Waals surface area contributed by atoms with E-state index in [9.17, 15) is 0 Å². The van der Waals surface area contributed by atoms with E-state index in [1.807, 2.05) is 66.7 Å². The summed E-state index contributed by atoms with van der Waals surface area (Å²) in [5.74, 6) is 0. The summed E-state index contributed by atoms with van der Waals surface area (Å²) in [6.07, 6.45) is 0. The van der Waals surface area contributed by atoms with Crippen molar-refractivity contribution in [1.82, 2.24) is 0 Å². The van der Waals surface area contributed by atoms with Crippen molar-refractivity contribution in [2.75, 3.05) is 0 Å². The summed E-state index contributed by atoms with van der Waals surface area (Å²) in [6, 6.07) is 133. The first-order valence-electron chi connectivity index (χ1n) is 41.6. The van der Waals surface area contributed by atoms with E-state index in [1.54, 1.807) is 0 Å². The molecule has 0 bridgehead atoms. The van der Waals surface area contributed by atoms with E-state index in [4.69, 9.17) is 20.1 Å². The molecule has 0 aliphatic rings. The van der Waals surface area contributed by atoms with E-state index in [2.05, 4.69) is 315 Å². The first-order chi connectivity index (χ1) is 59.1. The predicted molar refractivity (Wildman–Crippen MR) is 489 cm³/mol. The fourth-order valence-electron chi connectivity index (χ4n) is 18.6. The molecular weight excluding hydrogens is 1390 g/mol. The second-order valence-electron chi connectivity index (χ2n) is 29.9. The molecule has 0 saturated heterocycles. The molecule has 0 atom stereocenters. The number of rotatable bonds is 6. The quantitative estimate of drug-likeness (QED) is 0.156. The predicted octanol–water partition coefficient (Wildman–Crippen LogP) is 32.3. The van der Waals surface area contributed by atoms with Crippen molar-refractivity contribution < 1.29 is 20.1 Å². The monoisotopic (exact) mass is 1470 g/mol. The number of furan rings is 3. The van der Waals surface area contributed by atoms with Gasteiger partial charge in [-0.15, -0.1) is 0 Å². The first-order valence-corrected chi connectivity index (χ1v) is 39.1. The minimum atomic E-state index is -0.397. The molecule has 0 aliphatic heterocycles. The standard InChI is InChI=1S/C40H24O.2C36H22O/c1-2-11-27-23-28(18-17-25(27)9-1)38-31-13-5-7-15-33(31)39(34-16-8-6-14-32(34)38)29-19-21-35-37(24-29)41-36-22-20-26-10-3-4-12-30(26)40(35)36;1-2-11-24(12-3-1)34-27-14-6-8-16-29(27)35(30-17-9-7-15-28(30)34)25-18-20-31-33(22-25)37-32-21-19-23-10-4-5-13-26(23)36(31)32;1-2-10-23(11-3-1)35-28-14-6-8-16-30(28)36(31-17-9-7-15-29(31)35)26-18-19-27-32-20-24-12-4-5-13-25(24)21-34(32)37-33(27)22-26/h1-24H;2*1-22H/i;1D,2D,3D,11D,12D;. The molecule has 115 heavy (non-hydrogen) atoms. The SMILES string of the molecule is [2H]c1c([2H])c([2H])c(-c2c3ccccc3c(-c3ccc4c(c3)oc3ccc5ccccc5c34)c3ccccc23)c([2H])c1[2H].c1ccc(-c2c3ccccc3c(-c3ccc4c(c3)oc3cc5ccccc5cc34)c3ccccc23)cc1.c1ccc2cc(-c3c4ccccc4c(-c4ccc5c(c4)oc4ccc6ccccc6c45)c4ccccc34)ccc2c1. The molecule has 22 aromatic carbocycles. The van der Waals surface area contributed by atoms with Crippen LogP contribution in [0.4, 0.5) is 0 Å². The van der Waals surface area contributed by atoms with Crippen LogP contribution in [-0.4, -0.2) is 0 Å². The Hall–Kier alpha value is -15.2. The summed E-state index contributed by atoms with van der Waals surface area (Å²) in [7, 11) is 0. The maximum atomic E-state index is 8.76. The van der Waals surface area contributed by atoms with E-state index < -0.39 is 6.04 Å². The molecule has 0 radical (unpaired) electrons. The van der Waals surface area contributed by atoms with Crippen LogP contribution >= 0.6 is 0 Å². The lowest BCUT2D eigenvalue weighted by Gasteiger charge is -2.18. The van der Waals surface area contributed by atoms with Gasteiger partial charge in [0.05, 0.1) is 6.85 Å². The summed E-state index contributed by atoms with van der Waals surface area (Å²) >= 11 is 0. The van der Waals surface area contributed by atoms with Gasteiger partial charge in [0.25, 0.3) is 0 Å². The molecule has 0 amide bonds. The largest absolute Gasteiger partial charge is 0.456 e. The summed E-state index contributed by atoms with van der Waals surface area (Å²) in [4.78, 5) is 0. The van der Waals surface area contributed by atoms with Crippen LogP contribution < -0.4 is 0 Å². The Kier molecular flexibility index (Phi) is 14.1. The lowest BCUT2D eigenvalue weighted by Crippen LogP contribution is -1.91. The smallest absolute Gasteiger partial charge is 0.136 e. The van der Waals surface area contributed by atoms with Crippen molar-refractivity contribution in [3.63, 3.8) is 0 Å². The highest BCUT2D eigenvalue weighted by Crippen LogP contribution is 2.50. The van der Waals surface area contributed by atoms with Crippen molar-refractivity contribution in [2.24, 2.45) is 0 Å². The van der Waals surface area contributed by atoms with Crippen LogP contribution in [0, 0.1) is 0 Å². The maximum absolute atomic E-state index is 8.76. The zero-order valence-electron chi connectivity index (χ0n) is 67.1.